The molecule has 0 radical (unpaired) electrons. The number of hydroxylamine groups is 2. The molecule has 0 aromatic rings. The van der Waals surface area contributed by atoms with Crippen LogP contribution >= 0.6 is 0 Å². The van der Waals surface area contributed by atoms with Gasteiger partial charge in [0.2, 0.25) is 11.8 Å². The van der Waals surface area contributed by atoms with Gasteiger partial charge in [0.25, 0.3) is 11.8 Å². The van der Waals surface area contributed by atoms with E-state index >= 15 is 0 Å². The van der Waals surface area contributed by atoms with E-state index in [0.717, 1.165) is 25.9 Å². The van der Waals surface area contributed by atoms with Crippen molar-refractivity contribution in [3.05, 3.63) is 0 Å². The minimum atomic E-state index is -0.770. The molecule has 2 aliphatic heterocycles. The van der Waals surface area contributed by atoms with Crippen LogP contribution in [0.1, 0.15) is 52.4 Å². The predicted octanol–water partition coefficient (Wildman–Crippen LogP) is -0.273. The lowest BCUT2D eigenvalue weighted by Crippen LogP contribution is -2.45. The minimum absolute atomic E-state index is 0.0205. The van der Waals surface area contributed by atoms with Gasteiger partial charge in [-0.15, -0.1) is 5.06 Å². The zero-order valence-corrected chi connectivity index (χ0v) is 17.1. The van der Waals surface area contributed by atoms with Gasteiger partial charge >= 0.3 is 5.97 Å². The van der Waals surface area contributed by atoms with E-state index in [0.29, 0.717) is 11.0 Å². The lowest BCUT2D eigenvalue weighted by Gasteiger charge is -2.25. The molecular weight excluding hydrogens is 380 g/mol. The maximum atomic E-state index is 12.3. The molecule has 2 fully saturated rings. The molecule has 0 saturated carbocycles. The second-order valence-corrected chi connectivity index (χ2v) is 7.73. The molecule has 2 N–H and O–H groups in total. The molecular formula is C19H30N4O6. The predicted molar refractivity (Wildman–Crippen MR) is 102 cm³/mol. The van der Waals surface area contributed by atoms with E-state index < -0.39 is 17.8 Å². The number of imide groups is 1. The third kappa shape index (κ3) is 7.12. The Kier molecular flexibility index (Phi) is 8.56. The highest BCUT2D eigenvalue weighted by molar-refractivity contribution is 6.01. The highest BCUT2D eigenvalue weighted by atomic mass is 16.7. The number of carbonyl (C=O) groups excluding carboxylic acids is 5. The Balaban J connectivity index is 1.58. The Labute approximate surface area is 170 Å². The highest BCUT2D eigenvalue weighted by Gasteiger charge is 2.33. The lowest BCUT2D eigenvalue weighted by molar-refractivity contribution is -0.197. The summed E-state index contributed by atoms with van der Waals surface area (Å²) in [6.07, 6.45) is 1.82. The van der Waals surface area contributed by atoms with Crippen molar-refractivity contribution in [1.29, 1.82) is 0 Å². The molecule has 0 spiro atoms. The second kappa shape index (κ2) is 10.9. The number of hydrogen-bond donors (Lipinski definition) is 2. The number of hydrogen-bond acceptors (Lipinski definition) is 7. The summed E-state index contributed by atoms with van der Waals surface area (Å²) in [5.74, 6) is -1.73. The molecule has 0 aromatic heterocycles. The smallest absolute Gasteiger partial charge is 0.334 e. The standard InChI is InChI=1S/C19H30N4O6/c1-13(2)12-22-11-3-4-14(22)19(28)21-9-7-15(24)20-10-8-18(27)29-23-16(25)5-6-17(23)26/h13-14H,3-12H2,1-2H3,(H,20,24)(H,21,28)/t14-/m0/s1. The lowest BCUT2D eigenvalue weighted by atomic mass is 10.1. The fourth-order valence-corrected chi connectivity index (χ4v) is 3.43. The summed E-state index contributed by atoms with van der Waals surface area (Å²) in [6.45, 7) is 6.28. The number of carbonyl (C=O) groups is 5. The molecule has 0 aromatic carbocycles. The Bertz CT molecular complexity index is 635. The number of nitrogens with one attached hydrogen (secondary N) is 2. The number of rotatable bonds is 10. The van der Waals surface area contributed by atoms with E-state index in [4.69, 9.17) is 4.84 Å². The Morgan fingerprint density at radius 3 is 2.38 bits per heavy atom. The Morgan fingerprint density at radius 1 is 1.07 bits per heavy atom. The monoisotopic (exact) mass is 410 g/mol. The van der Waals surface area contributed by atoms with Gasteiger partial charge in [-0.1, -0.05) is 13.8 Å². The molecule has 0 unspecified atom stereocenters. The molecule has 2 heterocycles. The first kappa shape index (κ1) is 22.8. The van der Waals surface area contributed by atoms with Gasteiger partial charge in [0.05, 0.1) is 12.5 Å². The van der Waals surface area contributed by atoms with Crippen molar-refractivity contribution in [3.8, 4) is 0 Å². The molecule has 2 saturated heterocycles. The van der Waals surface area contributed by atoms with Crippen molar-refractivity contribution in [2.45, 2.75) is 58.4 Å². The van der Waals surface area contributed by atoms with Gasteiger partial charge in [0.15, 0.2) is 0 Å². The maximum Gasteiger partial charge on any atom is 0.334 e. The molecule has 10 heteroatoms. The van der Waals surface area contributed by atoms with Crippen molar-refractivity contribution in [3.63, 3.8) is 0 Å². The highest BCUT2D eigenvalue weighted by Crippen LogP contribution is 2.18. The molecule has 4 amide bonds. The third-order valence-corrected chi connectivity index (χ3v) is 4.77. The molecule has 2 aliphatic rings. The zero-order valence-electron chi connectivity index (χ0n) is 17.1. The van der Waals surface area contributed by atoms with Gasteiger partial charge in [-0.05, 0) is 25.3 Å². The van der Waals surface area contributed by atoms with Crippen molar-refractivity contribution in [2.75, 3.05) is 26.2 Å². The van der Waals surface area contributed by atoms with Gasteiger partial charge < -0.3 is 15.5 Å². The van der Waals surface area contributed by atoms with E-state index in [2.05, 4.69) is 29.4 Å². The molecule has 1 atom stereocenters. The molecule has 2 rings (SSSR count). The summed E-state index contributed by atoms with van der Waals surface area (Å²) >= 11 is 0. The topological polar surface area (TPSA) is 125 Å². The fourth-order valence-electron chi connectivity index (χ4n) is 3.43. The summed E-state index contributed by atoms with van der Waals surface area (Å²) < 4.78 is 0. The van der Waals surface area contributed by atoms with Gasteiger partial charge in [-0.2, -0.15) is 0 Å². The van der Waals surface area contributed by atoms with Gasteiger partial charge in [0, 0.05) is 38.9 Å². The first-order chi connectivity index (χ1) is 13.8. The van der Waals surface area contributed by atoms with Crippen molar-refractivity contribution in [1.82, 2.24) is 20.6 Å². The van der Waals surface area contributed by atoms with Crippen LogP contribution in [-0.4, -0.2) is 71.8 Å². The van der Waals surface area contributed by atoms with Crippen LogP contribution in [0.2, 0.25) is 0 Å². The SMILES string of the molecule is CC(C)CN1CCC[C@H]1C(=O)NCCC(=O)NCCC(=O)ON1C(=O)CCC1=O. The summed E-state index contributed by atoms with van der Waals surface area (Å²) in [6, 6.07) is -0.133. The van der Waals surface area contributed by atoms with Crippen molar-refractivity contribution in [2.24, 2.45) is 5.92 Å². The Hall–Kier alpha value is -2.49. The minimum Gasteiger partial charge on any atom is -0.355 e. The number of amides is 4. The number of likely N-dealkylation sites (tertiary alicyclic amines) is 1. The quantitative estimate of drug-likeness (QED) is 0.475. The summed E-state index contributed by atoms with van der Waals surface area (Å²) in [5.41, 5.74) is 0. The van der Waals surface area contributed by atoms with E-state index in [-0.39, 0.29) is 56.6 Å². The van der Waals surface area contributed by atoms with Crippen molar-refractivity contribution >= 4 is 29.6 Å². The Morgan fingerprint density at radius 2 is 1.72 bits per heavy atom. The fraction of sp³-hybridized carbons (Fsp3) is 0.737. The van der Waals surface area contributed by atoms with Crippen LogP contribution in [0.25, 0.3) is 0 Å². The first-order valence-electron chi connectivity index (χ1n) is 10.1. The van der Waals surface area contributed by atoms with Crippen LogP contribution in [0.15, 0.2) is 0 Å². The average molecular weight is 410 g/mol. The molecule has 10 nitrogen and oxygen atoms in total. The summed E-state index contributed by atoms with van der Waals surface area (Å²) in [7, 11) is 0. The largest absolute Gasteiger partial charge is 0.355 e. The number of nitrogens with zero attached hydrogens (tertiary/aromatic N) is 2. The first-order valence-corrected chi connectivity index (χ1v) is 10.1. The molecule has 162 valence electrons. The van der Waals surface area contributed by atoms with Gasteiger partial charge in [0.1, 0.15) is 0 Å². The van der Waals surface area contributed by atoms with E-state index in [1.807, 2.05) is 0 Å². The molecule has 0 aliphatic carbocycles. The van der Waals surface area contributed by atoms with Crippen LogP contribution in [0.4, 0.5) is 0 Å². The normalized spacial score (nSPS) is 19.7. The summed E-state index contributed by atoms with van der Waals surface area (Å²) in [4.78, 5) is 65.4. The van der Waals surface area contributed by atoms with Crippen LogP contribution in [-0.2, 0) is 28.8 Å². The van der Waals surface area contributed by atoms with Gasteiger partial charge in [-0.3, -0.25) is 24.1 Å². The maximum absolute atomic E-state index is 12.3. The van der Waals surface area contributed by atoms with E-state index in [1.165, 1.54) is 0 Å². The van der Waals surface area contributed by atoms with Gasteiger partial charge in [-0.25, -0.2) is 4.79 Å². The van der Waals surface area contributed by atoms with E-state index in [1.54, 1.807) is 0 Å². The second-order valence-electron chi connectivity index (χ2n) is 7.73. The zero-order chi connectivity index (χ0) is 21.4. The van der Waals surface area contributed by atoms with Crippen LogP contribution in [0, 0.1) is 5.92 Å². The van der Waals surface area contributed by atoms with E-state index in [9.17, 15) is 24.0 Å². The van der Waals surface area contributed by atoms with Crippen LogP contribution < -0.4 is 10.6 Å². The summed E-state index contributed by atoms with van der Waals surface area (Å²) in [5, 5.41) is 5.83. The van der Waals surface area contributed by atoms with Crippen LogP contribution in [0.3, 0.4) is 0 Å². The van der Waals surface area contributed by atoms with Crippen LogP contribution in [0.5, 0.6) is 0 Å². The molecule has 0 bridgehead atoms. The average Bonchev–Trinajstić information content (AvgIpc) is 3.22. The van der Waals surface area contributed by atoms with Crippen molar-refractivity contribution < 1.29 is 28.8 Å². The molecule has 29 heavy (non-hydrogen) atoms. The third-order valence-electron chi connectivity index (χ3n) is 4.77.